The Hall–Kier alpha value is -1.16. The van der Waals surface area contributed by atoms with Gasteiger partial charge in [-0.15, -0.1) is 0 Å². The van der Waals surface area contributed by atoms with E-state index in [4.69, 9.17) is 4.74 Å². The SMILES string of the molecule is COc1cccc(C2NCCC2(F)F)c1. The molecule has 0 radical (unpaired) electrons. The van der Waals surface area contributed by atoms with Gasteiger partial charge in [0.25, 0.3) is 5.92 Å². The van der Waals surface area contributed by atoms with E-state index in [2.05, 4.69) is 5.32 Å². The van der Waals surface area contributed by atoms with Crippen molar-refractivity contribution in [3.63, 3.8) is 0 Å². The van der Waals surface area contributed by atoms with Crippen LogP contribution >= 0.6 is 0 Å². The molecule has 0 aromatic heterocycles. The fraction of sp³-hybridized carbons (Fsp3) is 0.455. The molecule has 1 unspecified atom stereocenters. The van der Waals surface area contributed by atoms with E-state index < -0.39 is 12.0 Å². The van der Waals surface area contributed by atoms with E-state index in [0.29, 0.717) is 17.9 Å². The van der Waals surface area contributed by atoms with Crippen molar-refractivity contribution in [3.05, 3.63) is 29.8 Å². The number of hydrogen-bond donors (Lipinski definition) is 1. The van der Waals surface area contributed by atoms with Gasteiger partial charge in [-0.1, -0.05) is 12.1 Å². The lowest BCUT2D eigenvalue weighted by molar-refractivity contribution is -0.0117. The summed E-state index contributed by atoms with van der Waals surface area (Å²) in [7, 11) is 1.53. The molecule has 0 spiro atoms. The fourth-order valence-corrected chi connectivity index (χ4v) is 1.86. The quantitative estimate of drug-likeness (QED) is 0.814. The van der Waals surface area contributed by atoms with Crippen molar-refractivity contribution < 1.29 is 13.5 Å². The molecule has 1 fully saturated rings. The maximum atomic E-state index is 13.4. The summed E-state index contributed by atoms with van der Waals surface area (Å²) in [4.78, 5) is 0. The fourth-order valence-electron chi connectivity index (χ4n) is 1.86. The lowest BCUT2D eigenvalue weighted by Crippen LogP contribution is -2.26. The van der Waals surface area contributed by atoms with Crippen molar-refractivity contribution in [2.24, 2.45) is 0 Å². The Morgan fingerprint density at radius 3 is 2.87 bits per heavy atom. The van der Waals surface area contributed by atoms with Crippen molar-refractivity contribution in [1.82, 2.24) is 5.32 Å². The van der Waals surface area contributed by atoms with E-state index in [0.717, 1.165) is 0 Å². The molecule has 1 aliphatic heterocycles. The van der Waals surface area contributed by atoms with Crippen molar-refractivity contribution in [2.45, 2.75) is 18.4 Å². The second kappa shape index (κ2) is 3.77. The van der Waals surface area contributed by atoms with Crippen LogP contribution in [0.4, 0.5) is 8.78 Å². The van der Waals surface area contributed by atoms with Gasteiger partial charge in [-0.3, -0.25) is 0 Å². The molecular weight excluding hydrogens is 200 g/mol. The minimum atomic E-state index is -2.66. The minimum Gasteiger partial charge on any atom is -0.497 e. The van der Waals surface area contributed by atoms with Gasteiger partial charge in [-0.05, 0) is 17.7 Å². The summed E-state index contributed by atoms with van der Waals surface area (Å²) in [6.45, 7) is 0.356. The normalized spacial score (nSPS) is 24.1. The highest BCUT2D eigenvalue weighted by Gasteiger charge is 2.44. The largest absolute Gasteiger partial charge is 0.497 e. The number of benzene rings is 1. The summed E-state index contributed by atoms with van der Waals surface area (Å²) >= 11 is 0. The van der Waals surface area contributed by atoms with Gasteiger partial charge in [-0.2, -0.15) is 0 Å². The van der Waals surface area contributed by atoms with Gasteiger partial charge in [0, 0.05) is 13.0 Å². The van der Waals surface area contributed by atoms with Crippen LogP contribution in [0.25, 0.3) is 0 Å². The predicted octanol–water partition coefficient (Wildman–Crippen LogP) is 2.36. The topological polar surface area (TPSA) is 21.3 Å². The standard InChI is InChI=1S/C11H13F2NO/c1-15-9-4-2-3-8(7-9)10-11(12,13)5-6-14-10/h2-4,7,10,14H,5-6H2,1H3. The van der Waals surface area contributed by atoms with Gasteiger partial charge in [0.15, 0.2) is 0 Å². The number of methoxy groups -OCH3 is 1. The van der Waals surface area contributed by atoms with Crippen LogP contribution in [0, 0.1) is 0 Å². The third-order valence-corrected chi connectivity index (χ3v) is 2.66. The number of hydrogen-bond acceptors (Lipinski definition) is 2. The zero-order valence-corrected chi connectivity index (χ0v) is 8.47. The molecule has 82 valence electrons. The first-order valence-corrected chi connectivity index (χ1v) is 4.88. The lowest BCUT2D eigenvalue weighted by atomic mass is 10.0. The maximum absolute atomic E-state index is 13.4. The summed E-state index contributed by atoms with van der Waals surface area (Å²) in [5, 5.41) is 2.81. The van der Waals surface area contributed by atoms with Crippen molar-refractivity contribution in [1.29, 1.82) is 0 Å². The van der Waals surface area contributed by atoms with Gasteiger partial charge in [-0.25, -0.2) is 8.78 Å². The van der Waals surface area contributed by atoms with E-state index in [1.807, 2.05) is 0 Å². The van der Waals surface area contributed by atoms with E-state index in [1.165, 1.54) is 7.11 Å². The van der Waals surface area contributed by atoms with Crippen LogP contribution in [0.2, 0.25) is 0 Å². The van der Waals surface area contributed by atoms with Crippen molar-refractivity contribution >= 4 is 0 Å². The van der Waals surface area contributed by atoms with Crippen molar-refractivity contribution in [2.75, 3.05) is 13.7 Å². The zero-order chi connectivity index (χ0) is 10.9. The summed E-state index contributed by atoms with van der Waals surface area (Å²) in [5.74, 6) is -2.05. The Kier molecular flexibility index (Phi) is 2.61. The summed E-state index contributed by atoms with van der Waals surface area (Å²) < 4.78 is 31.9. The minimum absolute atomic E-state index is 0.102. The molecule has 1 N–H and O–H groups in total. The molecule has 1 saturated heterocycles. The van der Waals surface area contributed by atoms with Crippen LogP contribution < -0.4 is 10.1 Å². The Morgan fingerprint density at radius 1 is 1.47 bits per heavy atom. The van der Waals surface area contributed by atoms with Crippen molar-refractivity contribution in [3.8, 4) is 5.75 Å². The smallest absolute Gasteiger partial charge is 0.268 e. The number of nitrogens with one attached hydrogen (secondary N) is 1. The molecule has 1 heterocycles. The summed E-state index contributed by atoms with van der Waals surface area (Å²) in [6, 6.07) is 5.93. The Morgan fingerprint density at radius 2 is 2.27 bits per heavy atom. The Labute approximate surface area is 87.2 Å². The van der Waals surface area contributed by atoms with Gasteiger partial charge >= 0.3 is 0 Å². The van der Waals surface area contributed by atoms with Crippen LogP contribution in [-0.2, 0) is 0 Å². The molecule has 1 aromatic rings. The first-order chi connectivity index (χ1) is 7.13. The van der Waals surface area contributed by atoms with E-state index in [-0.39, 0.29) is 6.42 Å². The highest BCUT2D eigenvalue weighted by molar-refractivity contribution is 5.32. The molecule has 4 heteroatoms. The molecule has 0 bridgehead atoms. The Bertz CT molecular complexity index is 354. The number of rotatable bonds is 2. The zero-order valence-electron chi connectivity index (χ0n) is 8.47. The number of alkyl halides is 2. The summed E-state index contributed by atoms with van der Waals surface area (Å²) in [6.07, 6.45) is -0.102. The van der Waals surface area contributed by atoms with Crippen LogP contribution in [0.15, 0.2) is 24.3 Å². The predicted molar refractivity (Wildman–Crippen MR) is 53.3 cm³/mol. The molecule has 2 rings (SSSR count). The molecule has 0 amide bonds. The third-order valence-electron chi connectivity index (χ3n) is 2.66. The van der Waals surface area contributed by atoms with Gasteiger partial charge in [0.2, 0.25) is 0 Å². The van der Waals surface area contributed by atoms with E-state index in [1.54, 1.807) is 24.3 Å². The monoisotopic (exact) mass is 213 g/mol. The highest BCUT2D eigenvalue weighted by Crippen LogP contribution is 2.38. The maximum Gasteiger partial charge on any atom is 0.268 e. The molecule has 1 aromatic carbocycles. The first-order valence-electron chi connectivity index (χ1n) is 4.88. The molecule has 0 aliphatic carbocycles. The first kappa shape index (κ1) is 10.4. The number of ether oxygens (including phenoxy) is 1. The molecule has 2 nitrogen and oxygen atoms in total. The average molecular weight is 213 g/mol. The van der Waals surface area contributed by atoms with Gasteiger partial charge < -0.3 is 10.1 Å². The molecular formula is C11H13F2NO. The van der Waals surface area contributed by atoms with Gasteiger partial charge in [0.05, 0.1) is 13.2 Å². The molecule has 0 saturated carbocycles. The second-order valence-electron chi connectivity index (χ2n) is 3.67. The molecule has 1 atom stereocenters. The molecule has 15 heavy (non-hydrogen) atoms. The average Bonchev–Trinajstić information content (AvgIpc) is 2.58. The van der Waals surface area contributed by atoms with Crippen LogP contribution in [0.3, 0.4) is 0 Å². The van der Waals surface area contributed by atoms with Crippen LogP contribution in [0.1, 0.15) is 18.0 Å². The lowest BCUT2D eigenvalue weighted by Gasteiger charge is -2.19. The summed E-state index contributed by atoms with van der Waals surface area (Å²) in [5.41, 5.74) is 0.580. The third kappa shape index (κ3) is 1.95. The van der Waals surface area contributed by atoms with Crippen LogP contribution in [0.5, 0.6) is 5.75 Å². The Balaban J connectivity index is 2.29. The molecule has 1 aliphatic rings. The second-order valence-corrected chi connectivity index (χ2v) is 3.67. The number of halogens is 2. The van der Waals surface area contributed by atoms with Gasteiger partial charge in [0.1, 0.15) is 5.75 Å². The highest BCUT2D eigenvalue weighted by atomic mass is 19.3. The van der Waals surface area contributed by atoms with E-state index in [9.17, 15) is 8.78 Å². The van der Waals surface area contributed by atoms with E-state index >= 15 is 0 Å². The van der Waals surface area contributed by atoms with Crippen LogP contribution in [-0.4, -0.2) is 19.6 Å².